The summed E-state index contributed by atoms with van der Waals surface area (Å²) in [5, 5.41) is 20.9. The molecule has 0 radical (unpaired) electrons. The Bertz CT molecular complexity index is 377. The molecule has 1 saturated carbocycles. The molecule has 3 nitrogen and oxygen atoms in total. The van der Waals surface area contributed by atoms with E-state index in [0.29, 0.717) is 17.2 Å². The van der Waals surface area contributed by atoms with Crippen molar-refractivity contribution < 1.29 is 15.0 Å². The van der Waals surface area contributed by atoms with E-state index < -0.39 is 11.6 Å². The van der Waals surface area contributed by atoms with Gasteiger partial charge in [-0.3, -0.25) is 0 Å². The number of thiophene rings is 1. The van der Waals surface area contributed by atoms with E-state index in [1.807, 2.05) is 0 Å². The van der Waals surface area contributed by atoms with Crippen LogP contribution in [-0.4, -0.2) is 16.2 Å². The highest BCUT2D eigenvalue weighted by molar-refractivity contribution is 7.10. The summed E-state index contributed by atoms with van der Waals surface area (Å²) in [4.78, 5) is 11.5. The van der Waals surface area contributed by atoms with Gasteiger partial charge in [0, 0.05) is 0 Å². The molecule has 1 fully saturated rings. The Morgan fingerprint density at radius 2 is 2.33 bits per heavy atom. The Hall–Kier alpha value is -0.870. The summed E-state index contributed by atoms with van der Waals surface area (Å²) in [6.07, 6.45) is 2.99. The highest BCUT2D eigenvalue weighted by Gasteiger charge is 2.36. The molecule has 0 amide bonds. The molecule has 1 atom stereocenters. The summed E-state index contributed by atoms with van der Waals surface area (Å²) in [5.74, 6) is -0.383. The fourth-order valence-electron chi connectivity index (χ4n) is 1.87. The molecule has 0 spiro atoms. The summed E-state index contributed by atoms with van der Waals surface area (Å²) in [5.41, 5.74) is -0.742. The lowest BCUT2D eigenvalue weighted by atomic mass is 9.94. The van der Waals surface area contributed by atoms with Crippen LogP contribution in [0.3, 0.4) is 0 Å². The average Bonchev–Trinajstić information content (AvgIpc) is 2.80. The lowest BCUT2D eigenvalue weighted by Crippen LogP contribution is -2.23. The SMILES string of the molecule is CC(O)(CC1CC1)c1sccc1C(=O)O. The largest absolute Gasteiger partial charge is 0.478 e. The van der Waals surface area contributed by atoms with Crippen LogP contribution in [-0.2, 0) is 5.60 Å². The van der Waals surface area contributed by atoms with Crippen LogP contribution in [0.15, 0.2) is 11.4 Å². The molecule has 2 N–H and O–H groups in total. The van der Waals surface area contributed by atoms with Gasteiger partial charge in [0.1, 0.15) is 0 Å². The van der Waals surface area contributed by atoms with Gasteiger partial charge in [0.25, 0.3) is 0 Å². The van der Waals surface area contributed by atoms with Crippen molar-refractivity contribution in [2.24, 2.45) is 5.92 Å². The molecule has 2 rings (SSSR count). The van der Waals surface area contributed by atoms with Gasteiger partial charge in [-0.2, -0.15) is 0 Å². The van der Waals surface area contributed by atoms with E-state index in [4.69, 9.17) is 5.11 Å². The summed E-state index contributed by atoms with van der Waals surface area (Å²) in [7, 11) is 0. The van der Waals surface area contributed by atoms with E-state index in [9.17, 15) is 9.90 Å². The second-order valence-corrected chi connectivity index (χ2v) is 5.31. The molecule has 0 aliphatic heterocycles. The molecule has 0 saturated heterocycles. The number of hydrogen-bond acceptors (Lipinski definition) is 3. The third-order valence-corrected chi connectivity index (χ3v) is 3.94. The van der Waals surface area contributed by atoms with Crippen LogP contribution in [0.4, 0.5) is 0 Å². The Labute approximate surface area is 92.4 Å². The maximum absolute atomic E-state index is 10.9. The van der Waals surface area contributed by atoms with Crippen LogP contribution >= 0.6 is 11.3 Å². The van der Waals surface area contributed by atoms with E-state index in [0.717, 1.165) is 12.8 Å². The summed E-state index contributed by atoms with van der Waals surface area (Å²) in [6.45, 7) is 1.71. The second kappa shape index (κ2) is 3.61. The van der Waals surface area contributed by atoms with Gasteiger partial charge >= 0.3 is 5.97 Å². The van der Waals surface area contributed by atoms with Crippen LogP contribution in [0.2, 0.25) is 0 Å². The monoisotopic (exact) mass is 226 g/mol. The number of aromatic carboxylic acids is 1. The quantitative estimate of drug-likeness (QED) is 0.829. The van der Waals surface area contributed by atoms with Crippen molar-refractivity contribution in [2.75, 3.05) is 0 Å². The molecule has 1 aliphatic carbocycles. The van der Waals surface area contributed by atoms with Gasteiger partial charge in [-0.25, -0.2) is 4.79 Å². The second-order valence-electron chi connectivity index (χ2n) is 4.39. The minimum absolute atomic E-state index is 0.241. The minimum Gasteiger partial charge on any atom is -0.478 e. The van der Waals surface area contributed by atoms with Crippen molar-refractivity contribution in [3.8, 4) is 0 Å². The predicted molar refractivity (Wildman–Crippen MR) is 58.2 cm³/mol. The first-order chi connectivity index (χ1) is 7.00. The van der Waals surface area contributed by atoms with E-state index in [1.54, 1.807) is 18.4 Å². The van der Waals surface area contributed by atoms with Crippen molar-refractivity contribution in [1.82, 2.24) is 0 Å². The summed E-state index contributed by atoms with van der Waals surface area (Å²) >= 11 is 1.32. The average molecular weight is 226 g/mol. The number of carboxylic acid groups (broad SMARTS) is 1. The van der Waals surface area contributed by atoms with Crippen molar-refractivity contribution in [2.45, 2.75) is 31.8 Å². The van der Waals surface area contributed by atoms with Crippen molar-refractivity contribution in [3.05, 3.63) is 21.9 Å². The lowest BCUT2D eigenvalue weighted by molar-refractivity contribution is 0.0421. The van der Waals surface area contributed by atoms with Gasteiger partial charge in [0.2, 0.25) is 0 Å². The molecule has 4 heteroatoms. The molecule has 15 heavy (non-hydrogen) atoms. The third kappa shape index (κ3) is 2.21. The Balaban J connectivity index is 2.25. The number of carboxylic acids is 1. The fraction of sp³-hybridized carbons (Fsp3) is 0.545. The normalized spacial score (nSPS) is 19.9. The first-order valence-electron chi connectivity index (χ1n) is 5.04. The van der Waals surface area contributed by atoms with Crippen LogP contribution in [0.5, 0.6) is 0 Å². The van der Waals surface area contributed by atoms with E-state index in [-0.39, 0.29) is 5.56 Å². The van der Waals surface area contributed by atoms with Gasteiger partial charge in [0.05, 0.1) is 16.0 Å². The molecular weight excluding hydrogens is 212 g/mol. The van der Waals surface area contributed by atoms with Gasteiger partial charge in [-0.15, -0.1) is 11.3 Å². The zero-order valence-electron chi connectivity index (χ0n) is 8.56. The molecule has 1 unspecified atom stereocenters. The Morgan fingerprint density at radius 3 is 2.87 bits per heavy atom. The highest BCUT2D eigenvalue weighted by Crippen LogP contribution is 2.42. The third-order valence-electron chi connectivity index (χ3n) is 2.77. The molecule has 1 aliphatic rings. The summed E-state index contributed by atoms with van der Waals surface area (Å²) < 4.78 is 0. The van der Waals surface area contributed by atoms with Crippen LogP contribution < -0.4 is 0 Å². The molecule has 0 bridgehead atoms. The molecule has 1 heterocycles. The van der Waals surface area contributed by atoms with Gasteiger partial charge in [-0.05, 0) is 30.7 Å². The van der Waals surface area contributed by atoms with E-state index in [1.165, 1.54) is 11.3 Å². The first kappa shape index (κ1) is 10.6. The highest BCUT2D eigenvalue weighted by atomic mass is 32.1. The predicted octanol–water partition coefficient (Wildman–Crippen LogP) is 2.45. The van der Waals surface area contributed by atoms with Crippen molar-refractivity contribution >= 4 is 17.3 Å². The zero-order valence-corrected chi connectivity index (χ0v) is 9.38. The van der Waals surface area contributed by atoms with E-state index >= 15 is 0 Å². The standard InChI is InChI=1S/C11H14O3S/c1-11(14,6-7-2-3-7)9-8(10(12)13)4-5-15-9/h4-5,7,14H,2-3,6H2,1H3,(H,12,13). The van der Waals surface area contributed by atoms with Gasteiger partial charge < -0.3 is 10.2 Å². The molecule has 82 valence electrons. The number of carbonyl (C=O) groups is 1. The minimum atomic E-state index is -0.983. The van der Waals surface area contributed by atoms with Gasteiger partial charge in [0.15, 0.2) is 0 Å². The molecular formula is C11H14O3S. The lowest BCUT2D eigenvalue weighted by Gasteiger charge is -2.22. The first-order valence-corrected chi connectivity index (χ1v) is 5.92. The molecule has 1 aromatic rings. The Morgan fingerprint density at radius 1 is 1.67 bits per heavy atom. The maximum atomic E-state index is 10.9. The summed E-state index contributed by atoms with van der Waals surface area (Å²) in [6, 6.07) is 1.56. The molecule has 0 aromatic carbocycles. The number of rotatable bonds is 4. The smallest absolute Gasteiger partial charge is 0.336 e. The van der Waals surface area contributed by atoms with Gasteiger partial charge in [-0.1, -0.05) is 12.8 Å². The van der Waals surface area contributed by atoms with Crippen molar-refractivity contribution in [3.63, 3.8) is 0 Å². The zero-order chi connectivity index (χ0) is 11.1. The van der Waals surface area contributed by atoms with Crippen LogP contribution in [0.25, 0.3) is 0 Å². The topological polar surface area (TPSA) is 57.5 Å². The van der Waals surface area contributed by atoms with Crippen LogP contribution in [0.1, 0.15) is 41.4 Å². The van der Waals surface area contributed by atoms with E-state index in [2.05, 4.69) is 0 Å². The van der Waals surface area contributed by atoms with Crippen LogP contribution in [0, 0.1) is 5.92 Å². The Kier molecular flexibility index (Phi) is 2.56. The maximum Gasteiger partial charge on any atom is 0.336 e. The van der Waals surface area contributed by atoms with Crippen molar-refractivity contribution in [1.29, 1.82) is 0 Å². The number of hydrogen-bond donors (Lipinski definition) is 2. The fourth-order valence-corrected chi connectivity index (χ4v) is 2.83. The number of aliphatic hydroxyl groups is 1. The molecule has 1 aromatic heterocycles.